The van der Waals surface area contributed by atoms with Crippen molar-refractivity contribution in [2.45, 2.75) is 44.8 Å². The molecule has 3 heterocycles. The number of imide groups is 2. The van der Waals surface area contributed by atoms with Gasteiger partial charge in [0.05, 0.1) is 23.6 Å². The van der Waals surface area contributed by atoms with Crippen molar-refractivity contribution >= 4 is 57.0 Å². The standard InChI is InChI=1S/C25H23BrClN3O4/c1-24(2,3)30-20(31)17-18(21(30)32)25(4)22(33)28(16-7-5-6-15(27)12-16)23(34)29(25)19(17)13-8-10-14(26)11-9-13/h5-12,17-19H,1-4H3/t17?,18?,19?,25-/m1/s1. The SMILES string of the molecule is CC(C)(C)N1C(=O)C2C(c3ccc(Br)cc3)N3C(=O)N(c4cccc(Cl)c4)C(=O)[C@@]3(C)C2C1=O. The van der Waals surface area contributed by atoms with Crippen LogP contribution in [0.4, 0.5) is 10.5 Å². The molecule has 7 nitrogen and oxygen atoms in total. The van der Waals surface area contributed by atoms with E-state index in [1.807, 2.05) is 24.3 Å². The maximum Gasteiger partial charge on any atom is 0.332 e. The fraction of sp³-hybridized carbons (Fsp3) is 0.360. The van der Waals surface area contributed by atoms with E-state index < -0.39 is 46.8 Å². The normalized spacial score (nSPS) is 28.8. The minimum Gasteiger partial charge on any atom is -0.301 e. The summed E-state index contributed by atoms with van der Waals surface area (Å²) in [4.78, 5) is 59.0. The van der Waals surface area contributed by atoms with E-state index in [9.17, 15) is 19.2 Å². The molecule has 2 aromatic carbocycles. The van der Waals surface area contributed by atoms with E-state index in [0.29, 0.717) is 16.3 Å². The van der Waals surface area contributed by atoms with Crippen molar-refractivity contribution in [3.63, 3.8) is 0 Å². The van der Waals surface area contributed by atoms with Gasteiger partial charge in [0.15, 0.2) is 0 Å². The van der Waals surface area contributed by atoms with Crippen molar-refractivity contribution in [1.82, 2.24) is 9.80 Å². The number of nitrogens with zero attached hydrogens (tertiary/aromatic N) is 3. The largest absolute Gasteiger partial charge is 0.332 e. The Morgan fingerprint density at radius 1 is 0.971 bits per heavy atom. The summed E-state index contributed by atoms with van der Waals surface area (Å²) < 4.78 is 0.836. The summed E-state index contributed by atoms with van der Waals surface area (Å²) in [6.45, 7) is 6.97. The van der Waals surface area contributed by atoms with Crippen LogP contribution in [-0.4, -0.2) is 44.6 Å². The highest BCUT2D eigenvalue weighted by molar-refractivity contribution is 9.10. The highest BCUT2D eigenvalue weighted by atomic mass is 79.9. The van der Waals surface area contributed by atoms with Crippen LogP contribution in [0.3, 0.4) is 0 Å². The molecule has 3 saturated heterocycles. The maximum atomic E-state index is 13.9. The molecule has 2 aromatic rings. The van der Waals surface area contributed by atoms with Gasteiger partial charge in [-0.1, -0.05) is 45.7 Å². The molecule has 9 heteroatoms. The molecule has 3 aliphatic heterocycles. The van der Waals surface area contributed by atoms with Crippen LogP contribution in [0, 0.1) is 11.8 Å². The number of hydrogen-bond acceptors (Lipinski definition) is 4. The molecule has 3 fully saturated rings. The van der Waals surface area contributed by atoms with Gasteiger partial charge in [-0.2, -0.15) is 0 Å². The minimum atomic E-state index is -1.52. The van der Waals surface area contributed by atoms with Gasteiger partial charge in [0.2, 0.25) is 11.8 Å². The molecule has 0 N–H and O–H groups in total. The van der Waals surface area contributed by atoms with Crippen molar-refractivity contribution in [3.05, 3.63) is 63.6 Å². The summed E-state index contributed by atoms with van der Waals surface area (Å²) in [5.41, 5.74) is -1.27. The summed E-state index contributed by atoms with van der Waals surface area (Å²) in [6.07, 6.45) is 0. The second kappa shape index (κ2) is 7.39. The number of hydrogen-bond donors (Lipinski definition) is 0. The number of carbonyl (C=O) groups excluding carboxylic acids is 4. The monoisotopic (exact) mass is 543 g/mol. The van der Waals surface area contributed by atoms with Crippen LogP contribution in [0.2, 0.25) is 5.02 Å². The van der Waals surface area contributed by atoms with Crippen LogP contribution < -0.4 is 4.90 Å². The lowest BCUT2D eigenvalue weighted by molar-refractivity contribution is -0.148. The van der Waals surface area contributed by atoms with Crippen LogP contribution in [0.15, 0.2) is 53.0 Å². The molecule has 4 atom stereocenters. The van der Waals surface area contributed by atoms with Gasteiger partial charge in [-0.25, -0.2) is 9.69 Å². The van der Waals surface area contributed by atoms with E-state index in [4.69, 9.17) is 11.6 Å². The number of likely N-dealkylation sites (tertiary alicyclic amines) is 1. The number of carbonyl (C=O) groups is 4. The molecule has 5 amide bonds. The number of rotatable bonds is 2. The van der Waals surface area contributed by atoms with Crippen molar-refractivity contribution in [2.75, 3.05) is 4.90 Å². The van der Waals surface area contributed by atoms with Gasteiger partial charge in [-0.05, 0) is 63.6 Å². The van der Waals surface area contributed by atoms with Gasteiger partial charge < -0.3 is 4.90 Å². The molecule has 5 rings (SSSR count). The third-order valence-corrected chi connectivity index (χ3v) is 7.82. The fourth-order valence-electron chi connectivity index (χ4n) is 5.69. The van der Waals surface area contributed by atoms with Gasteiger partial charge in [0.1, 0.15) is 5.54 Å². The smallest absolute Gasteiger partial charge is 0.301 e. The quantitative estimate of drug-likeness (QED) is 0.403. The topological polar surface area (TPSA) is 78.0 Å². The van der Waals surface area contributed by atoms with Gasteiger partial charge in [0.25, 0.3) is 5.91 Å². The van der Waals surface area contributed by atoms with Crippen molar-refractivity contribution < 1.29 is 19.2 Å². The minimum absolute atomic E-state index is 0.327. The number of urea groups is 1. The zero-order chi connectivity index (χ0) is 24.7. The van der Waals surface area contributed by atoms with E-state index in [1.165, 1.54) is 15.9 Å². The second-order valence-corrected chi connectivity index (χ2v) is 11.5. The van der Waals surface area contributed by atoms with E-state index in [2.05, 4.69) is 15.9 Å². The molecular weight excluding hydrogens is 522 g/mol. The van der Waals surface area contributed by atoms with Crippen molar-refractivity contribution in [1.29, 1.82) is 0 Å². The molecule has 0 bridgehead atoms. The Balaban J connectivity index is 1.72. The first-order valence-electron chi connectivity index (χ1n) is 11.0. The highest BCUT2D eigenvalue weighted by Gasteiger charge is 2.76. The van der Waals surface area contributed by atoms with Gasteiger partial charge in [0, 0.05) is 15.0 Å². The van der Waals surface area contributed by atoms with Crippen LogP contribution in [0.1, 0.15) is 39.3 Å². The summed E-state index contributed by atoms with van der Waals surface area (Å²) in [7, 11) is 0. The van der Waals surface area contributed by atoms with Crippen LogP contribution >= 0.6 is 27.5 Å². The Labute approximate surface area is 210 Å². The maximum absolute atomic E-state index is 13.9. The van der Waals surface area contributed by atoms with Crippen molar-refractivity contribution in [3.8, 4) is 0 Å². The molecule has 34 heavy (non-hydrogen) atoms. The van der Waals surface area contributed by atoms with E-state index in [-0.39, 0.29) is 5.91 Å². The first-order chi connectivity index (χ1) is 15.9. The number of fused-ring (bicyclic) bond motifs is 3. The number of benzene rings is 2. The highest BCUT2D eigenvalue weighted by Crippen LogP contribution is 2.59. The molecule has 0 aromatic heterocycles. The fourth-order valence-corrected chi connectivity index (χ4v) is 6.14. The van der Waals surface area contributed by atoms with Gasteiger partial charge in [-0.15, -0.1) is 0 Å². The average molecular weight is 545 g/mol. The lowest BCUT2D eigenvalue weighted by atomic mass is 9.80. The van der Waals surface area contributed by atoms with E-state index in [0.717, 1.165) is 9.37 Å². The Kier molecular flexibility index (Phi) is 5.01. The second-order valence-electron chi connectivity index (χ2n) is 10.1. The number of anilines is 1. The Hall–Kier alpha value is -2.71. The first-order valence-corrected chi connectivity index (χ1v) is 12.1. The van der Waals surface area contributed by atoms with Crippen molar-refractivity contribution in [2.24, 2.45) is 11.8 Å². The molecular formula is C25H23BrClN3O4. The Morgan fingerprint density at radius 2 is 1.62 bits per heavy atom. The summed E-state index contributed by atoms with van der Waals surface area (Å²) >= 11 is 9.56. The molecule has 0 spiro atoms. The zero-order valence-electron chi connectivity index (χ0n) is 19.1. The molecule has 3 aliphatic rings. The summed E-state index contributed by atoms with van der Waals surface area (Å²) in [6, 6.07) is 12.4. The lowest BCUT2D eigenvalue weighted by Gasteiger charge is -2.36. The molecule has 0 saturated carbocycles. The first kappa shape index (κ1) is 23.1. The van der Waals surface area contributed by atoms with Gasteiger partial charge >= 0.3 is 6.03 Å². The summed E-state index contributed by atoms with van der Waals surface area (Å²) in [5, 5.41) is 0.378. The Morgan fingerprint density at radius 3 is 2.21 bits per heavy atom. The average Bonchev–Trinajstić information content (AvgIpc) is 3.25. The third kappa shape index (κ3) is 2.94. The predicted molar refractivity (Wildman–Crippen MR) is 130 cm³/mol. The zero-order valence-corrected chi connectivity index (χ0v) is 21.4. The molecule has 0 aliphatic carbocycles. The molecule has 176 valence electrons. The van der Waals surface area contributed by atoms with E-state index >= 15 is 0 Å². The number of amides is 5. The lowest BCUT2D eigenvalue weighted by Crippen LogP contribution is -2.54. The Bertz CT molecular complexity index is 1260. The van der Waals surface area contributed by atoms with E-state index in [1.54, 1.807) is 45.9 Å². The van der Waals surface area contributed by atoms with Crippen LogP contribution in [0.5, 0.6) is 0 Å². The molecule has 0 radical (unpaired) electrons. The third-order valence-electron chi connectivity index (χ3n) is 7.06. The van der Waals surface area contributed by atoms with Gasteiger partial charge in [-0.3, -0.25) is 19.3 Å². The predicted octanol–water partition coefficient (Wildman–Crippen LogP) is 4.78. The number of halogens is 2. The summed E-state index contributed by atoms with van der Waals surface area (Å²) in [5.74, 6) is -3.17. The van der Waals surface area contributed by atoms with Crippen LogP contribution in [0.25, 0.3) is 0 Å². The van der Waals surface area contributed by atoms with Crippen LogP contribution in [-0.2, 0) is 14.4 Å². The molecule has 3 unspecified atom stereocenters.